The van der Waals surface area contributed by atoms with Gasteiger partial charge in [0.15, 0.2) is 0 Å². The zero-order valence-corrected chi connectivity index (χ0v) is 10.5. The lowest BCUT2D eigenvalue weighted by molar-refractivity contribution is 0.161. The highest BCUT2D eigenvalue weighted by Gasteiger charge is 2.11. The lowest BCUT2D eigenvalue weighted by atomic mass is 10.00. The first-order valence-electron chi connectivity index (χ1n) is 5.13. The summed E-state index contributed by atoms with van der Waals surface area (Å²) in [6.07, 6.45) is 0. The molecule has 0 fully saturated rings. The molecule has 88 valence electrons. The third-order valence-electron chi connectivity index (χ3n) is 2.54. The molecule has 0 aromatic heterocycles. The summed E-state index contributed by atoms with van der Waals surface area (Å²) in [5, 5.41) is 9.80. The SMILES string of the molecule is ONCc1c(-c2ccccc2)ccc(Cl)c1Cl. The van der Waals surface area contributed by atoms with Gasteiger partial charge in [-0.15, -0.1) is 0 Å². The van der Waals surface area contributed by atoms with Crippen molar-refractivity contribution >= 4 is 23.2 Å². The van der Waals surface area contributed by atoms with Crippen LogP contribution in [0, 0.1) is 0 Å². The van der Waals surface area contributed by atoms with Gasteiger partial charge in [-0.25, -0.2) is 5.48 Å². The molecular formula is C13H11Cl2NO. The number of benzene rings is 2. The molecule has 0 radical (unpaired) electrons. The Labute approximate surface area is 110 Å². The van der Waals surface area contributed by atoms with E-state index in [1.165, 1.54) is 0 Å². The quantitative estimate of drug-likeness (QED) is 0.820. The molecule has 0 unspecified atom stereocenters. The molecule has 2 aromatic rings. The zero-order chi connectivity index (χ0) is 12.3. The van der Waals surface area contributed by atoms with Crippen LogP contribution in [0.3, 0.4) is 0 Å². The number of halogens is 2. The Hall–Kier alpha value is -1.06. The summed E-state index contributed by atoms with van der Waals surface area (Å²) >= 11 is 12.1. The second-order valence-electron chi connectivity index (χ2n) is 3.59. The van der Waals surface area contributed by atoms with Crippen molar-refractivity contribution in [3.05, 3.63) is 58.1 Å². The summed E-state index contributed by atoms with van der Waals surface area (Å²) in [4.78, 5) is 0. The van der Waals surface area contributed by atoms with Crippen LogP contribution < -0.4 is 5.48 Å². The summed E-state index contributed by atoms with van der Waals surface area (Å²) < 4.78 is 0. The van der Waals surface area contributed by atoms with E-state index < -0.39 is 0 Å². The van der Waals surface area contributed by atoms with Crippen LogP contribution in [0.2, 0.25) is 10.0 Å². The molecule has 17 heavy (non-hydrogen) atoms. The molecule has 4 heteroatoms. The fourth-order valence-corrected chi connectivity index (χ4v) is 2.14. The molecule has 0 heterocycles. The van der Waals surface area contributed by atoms with Gasteiger partial charge in [0, 0.05) is 6.54 Å². The van der Waals surface area contributed by atoms with Gasteiger partial charge in [-0.1, -0.05) is 59.6 Å². The monoisotopic (exact) mass is 267 g/mol. The summed E-state index contributed by atoms with van der Waals surface area (Å²) in [6, 6.07) is 13.5. The molecule has 2 N–H and O–H groups in total. The molecule has 0 amide bonds. The van der Waals surface area contributed by atoms with E-state index >= 15 is 0 Å². The van der Waals surface area contributed by atoms with Gasteiger partial charge in [-0.2, -0.15) is 0 Å². The lowest BCUT2D eigenvalue weighted by Gasteiger charge is -2.12. The van der Waals surface area contributed by atoms with Gasteiger partial charge >= 0.3 is 0 Å². The van der Waals surface area contributed by atoms with Gasteiger partial charge < -0.3 is 5.21 Å². The van der Waals surface area contributed by atoms with Crippen LogP contribution in [0.15, 0.2) is 42.5 Å². The van der Waals surface area contributed by atoms with Crippen molar-refractivity contribution in [1.29, 1.82) is 0 Å². The Balaban J connectivity index is 2.58. The molecule has 0 aliphatic heterocycles. The first-order chi connectivity index (χ1) is 8.24. The Morgan fingerprint density at radius 1 is 1.00 bits per heavy atom. The maximum Gasteiger partial charge on any atom is 0.0644 e. The van der Waals surface area contributed by atoms with E-state index in [4.69, 9.17) is 28.4 Å². The average molecular weight is 268 g/mol. The van der Waals surface area contributed by atoms with Crippen molar-refractivity contribution in [1.82, 2.24) is 5.48 Å². The Bertz CT molecular complexity index is 514. The molecule has 0 bridgehead atoms. The van der Waals surface area contributed by atoms with Crippen molar-refractivity contribution in [2.24, 2.45) is 0 Å². The molecule has 0 aliphatic rings. The van der Waals surface area contributed by atoms with Gasteiger partial charge in [-0.05, 0) is 22.8 Å². The van der Waals surface area contributed by atoms with E-state index in [1.54, 1.807) is 6.07 Å². The van der Waals surface area contributed by atoms with E-state index in [-0.39, 0.29) is 6.54 Å². The molecule has 0 atom stereocenters. The second-order valence-corrected chi connectivity index (χ2v) is 4.37. The van der Waals surface area contributed by atoms with Crippen LogP contribution in [0.25, 0.3) is 11.1 Å². The van der Waals surface area contributed by atoms with Gasteiger partial charge in [0.2, 0.25) is 0 Å². The zero-order valence-electron chi connectivity index (χ0n) is 8.95. The number of hydrogen-bond acceptors (Lipinski definition) is 2. The normalized spacial score (nSPS) is 10.5. The first-order valence-corrected chi connectivity index (χ1v) is 5.89. The van der Waals surface area contributed by atoms with Crippen LogP contribution in [-0.2, 0) is 6.54 Å². The fourth-order valence-electron chi connectivity index (χ4n) is 1.73. The third-order valence-corrected chi connectivity index (χ3v) is 3.38. The van der Waals surface area contributed by atoms with E-state index in [1.807, 2.05) is 36.4 Å². The Kier molecular flexibility index (Phi) is 4.02. The smallest absolute Gasteiger partial charge is 0.0644 e. The number of nitrogens with one attached hydrogen (secondary N) is 1. The van der Waals surface area contributed by atoms with E-state index in [0.29, 0.717) is 10.0 Å². The molecule has 2 aromatic carbocycles. The van der Waals surface area contributed by atoms with Gasteiger partial charge in [0.25, 0.3) is 0 Å². The topological polar surface area (TPSA) is 32.3 Å². The van der Waals surface area contributed by atoms with Gasteiger partial charge in [-0.3, -0.25) is 0 Å². The minimum atomic E-state index is 0.254. The van der Waals surface area contributed by atoms with Gasteiger partial charge in [0.1, 0.15) is 0 Å². The number of rotatable bonds is 3. The minimum Gasteiger partial charge on any atom is -0.316 e. The van der Waals surface area contributed by atoms with E-state index in [0.717, 1.165) is 16.7 Å². The van der Waals surface area contributed by atoms with Crippen LogP contribution in [-0.4, -0.2) is 5.21 Å². The van der Waals surface area contributed by atoms with Crippen LogP contribution >= 0.6 is 23.2 Å². The van der Waals surface area contributed by atoms with Crippen LogP contribution in [0.1, 0.15) is 5.56 Å². The number of hydroxylamine groups is 1. The maximum atomic E-state index is 8.85. The van der Waals surface area contributed by atoms with Crippen LogP contribution in [0.4, 0.5) is 0 Å². The predicted molar refractivity (Wildman–Crippen MR) is 70.5 cm³/mol. The summed E-state index contributed by atoms with van der Waals surface area (Å²) in [5.41, 5.74) is 4.90. The average Bonchev–Trinajstić information content (AvgIpc) is 2.36. The molecule has 0 saturated carbocycles. The molecule has 0 aliphatic carbocycles. The summed E-state index contributed by atoms with van der Waals surface area (Å²) in [5.74, 6) is 0. The standard InChI is InChI=1S/C13H11Cl2NO/c14-12-7-6-10(9-4-2-1-3-5-9)11(8-16-17)13(12)15/h1-7,16-17H,8H2. The summed E-state index contributed by atoms with van der Waals surface area (Å²) in [7, 11) is 0. The minimum absolute atomic E-state index is 0.254. The number of hydrogen-bond donors (Lipinski definition) is 2. The van der Waals surface area contributed by atoms with E-state index in [2.05, 4.69) is 5.48 Å². The first kappa shape index (κ1) is 12.4. The lowest BCUT2D eigenvalue weighted by Crippen LogP contribution is -2.08. The maximum absolute atomic E-state index is 8.85. The highest BCUT2D eigenvalue weighted by molar-refractivity contribution is 6.42. The largest absolute Gasteiger partial charge is 0.316 e. The van der Waals surface area contributed by atoms with Crippen molar-refractivity contribution in [3.8, 4) is 11.1 Å². The molecule has 2 nitrogen and oxygen atoms in total. The Morgan fingerprint density at radius 2 is 1.71 bits per heavy atom. The van der Waals surface area contributed by atoms with Crippen molar-refractivity contribution < 1.29 is 5.21 Å². The molecular weight excluding hydrogens is 257 g/mol. The van der Waals surface area contributed by atoms with Crippen molar-refractivity contribution in [3.63, 3.8) is 0 Å². The fraction of sp³-hybridized carbons (Fsp3) is 0.0769. The summed E-state index contributed by atoms with van der Waals surface area (Å²) in [6.45, 7) is 0.254. The highest BCUT2D eigenvalue weighted by atomic mass is 35.5. The van der Waals surface area contributed by atoms with Crippen molar-refractivity contribution in [2.45, 2.75) is 6.54 Å². The Morgan fingerprint density at radius 3 is 2.35 bits per heavy atom. The molecule has 0 saturated heterocycles. The highest BCUT2D eigenvalue weighted by Crippen LogP contribution is 2.34. The predicted octanol–water partition coefficient (Wildman–Crippen LogP) is 4.14. The van der Waals surface area contributed by atoms with Gasteiger partial charge in [0.05, 0.1) is 10.0 Å². The second kappa shape index (κ2) is 5.52. The molecule has 0 spiro atoms. The molecule has 2 rings (SSSR count). The van der Waals surface area contributed by atoms with Crippen molar-refractivity contribution in [2.75, 3.05) is 0 Å². The van der Waals surface area contributed by atoms with Crippen LogP contribution in [0.5, 0.6) is 0 Å². The third kappa shape index (κ3) is 2.61. The van der Waals surface area contributed by atoms with E-state index in [9.17, 15) is 0 Å².